The van der Waals surface area contributed by atoms with E-state index in [0.717, 1.165) is 5.56 Å². The lowest BCUT2D eigenvalue weighted by Gasteiger charge is -2.32. The molecule has 1 saturated heterocycles. The third-order valence-electron chi connectivity index (χ3n) is 4.28. The second-order valence-corrected chi connectivity index (χ2v) is 6.92. The molecule has 0 saturated carbocycles. The second-order valence-electron chi connectivity index (χ2n) is 6.48. The minimum Gasteiger partial charge on any atom is -0.398 e. The van der Waals surface area contributed by atoms with Crippen LogP contribution in [-0.2, 0) is 9.31 Å². The van der Waals surface area contributed by atoms with Crippen molar-refractivity contribution < 1.29 is 13.7 Å². The van der Waals surface area contributed by atoms with Crippen LogP contribution >= 0.6 is 11.6 Å². The third kappa shape index (κ3) is 3.50. The van der Waals surface area contributed by atoms with Crippen LogP contribution in [0.3, 0.4) is 0 Å². The first-order valence-corrected chi connectivity index (χ1v) is 7.48. The molecule has 0 N–H and O–H groups in total. The summed E-state index contributed by atoms with van der Waals surface area (Å²) in [5.41, 5.74) is -0.471. The molecule has 2 rings (SSSR count). The predicted molar refractivity (Wildman–Crippen MR) is 85.1 cm³/mol. The number of rotatable bonds is 3. The lowest BCUT2D eigenvalue weighted by atomic mass is 9.85. The van der Waals surface area contributed by atoms with Crippen LogP contribution in [0.15, 0.2) is 36.1 Å². The van der Waals surface area contributed by atoms with Crippen molar-refractivity contribution in [2.75, 3.05) is 0 Å². The normalized spacial score (nSPS) is 22.4. The highest BCUT2D eigenvalue weighted by atomic mass is 35.5. The number of halogens is 2. The van der Waals surface area contributed by atoms with Crippen LogP contribution in [0.2, 0.25) is 5.02 Å². The van der Waals surface area contributed by atoms with E-state index in [1.165, 1.54) is 6.08 Å². The van der Waals surface area contributed by atoms with Crippen LogP contribution < -0.4 is 0 Å². The Hall–Kier alpha value is -0.835. The van der Waals surface area contributed by atoms with Gasteiger partial charge in [0.25, 0.3) is 0 Å². The van der Waals surface area contributed by atoms with E-state index in [-0.39, 0.29) is 5.92 Å². The van der Waals surface area contributed by atoms with Crippen molar-refractivity contribution in [3.05, 3.63) is 46.7 Å². The third-order valence-corrected chi connectivity index (χ3v) is 4.54. The van der Waals surface area contributed by atoms with Crippen LogP contribution in [-0.4, -0.2) is 18.3 Å². The Balaban J connectivity index is 2.13. The summed E-state index contributed by atoms with van der Waals surface area (Å²) < 4.78 is 25.8. The maximum Gasteiger partial charge on any atom is 0.524 e. The quantitative estimate of drug-likeness (QED) is 0.737. The Bertz CT molecular complexity index is 524. The average molecular weight is 311 g/mol. The zero-order valence-corrected chi connectivity index (χ0v) is 13.9. The van der Waals surface area contributed by atoms with Gasteiger partial charge in [0.2, 0.25) is 0 Å². The van der Waals surface area contributed by atoms with E-state index in [9.17, 15) is 4.39 Å². The van der Waals surface area contributed by atoms with Gasteiger partial charge in [-0.05, 0) is 51.5 Å². The van der Waals surface area contributed by atoms with Crippen molar-refractivity contribution in [2.45, 2.75) is 51.7 Å². The van der Waals surface area contributed by atoms with E-state index in [1.807, 2.05) is 46.8 Å². The molecule has 5 heteroatoms. The molecule has 0 aliphatic carbocycles. The van der Waals surface area contributed by atoms with Gasteiger partial charge in [0.05, 0.1) is 11.2 Å². The van der Waals surface area contributed by atoms with Crippen molar-refractivity contribution in [2.24, 2.45) is 0 Å². The molecule has 114 valence electrons. The molecule has 1 aliphatic rings. The molecule has 1 aliphatic heterocycles. The Labute approximate surface area is 131 Å². The highest BCUT2D eigenvalue weighted by molar-refractivity contribution is 6.53. The highest BCUT2D eigenvalue weighted by Crippen LogP contribution is 2.39. The fourth-order valence-corrected chi connectivity index (χ4v) is 2.26. The van der Waals surface area contributed by atoms with Crippen molar-refractivity contribution in [1.29, 1.82) is 0 Å². The van der Waals surface area contributed by atoms with Crippen LogP contribution in [0.4, 0.5) is 4.39 Å². The Kier molecular flexibility index (Phi) is 4.53. The number of benzene rings is 1. The summed E-state index contributed by atoms with van der Waals surface area (Å²) in [7, 11) is -0.940. The van der Waals surface area contributed by atoms with E-state index < -0.39 is 24.0 Å². The largest absolute Gasteiger partial charge is 0.524 e. The van der Waals surface area contributed by atoms with Crippen LogP contribution in [0.1, 0.15) is 46.1 Å². The summed E-state index contributed by atoms with van der Waals surface area (Å²) in [6.45, 7) is 9.55. The molecule has 1 unspecified atom stereocenters. The highest BCUT2D eigenvalue weighted by Gasteiger charge is 2.53. The summed E-state index contributed by atoms with van der Waals surface area (Å²) in [6, 6.07) is 7.38. The lowest BCUT2D eigenvalue weighted by Crippen LogP contribution is -2.41. The molecule has 1 aromatic rings. The van der Waals surface area contributed by atoms with Gasteiger partial charge in [0.15, 0.2) is 0 Å². The molecule has 1 atom stereocenters. The van der Waals surface area contributed by atoms with Gasteiger partial charge in [0.1, 0.15) is 5.73 Å². The van der Waals surface area contributed by atoms with E-state index >= 15 is 0 Å². The Morgan fingerprint density at radius 1 is 1.14 bits per heavy atom. The van der Waals surface area contributed by atoms with Crippen molar-refractivity contribution >= 4 is 18.7 Å². The standard InChI is InChI=1S/C16H21BClFO2/c1-11(12-6-8-13(18)9-7-12)10-14(19)17-20-15(2,3)16(4,5)21-17/h6-11H,1-5H3. The fourth-order valence-electron chi connectivity index (χ4n) is 2.14. The Morgan fingerprint density at radius 2 is 1.62 bits per heavy atom. The van der Waals surface area contributed by atoms with Gasteiger partial charge in [-0.3, -0.25) is 0 Å². The maximum atomic E-state index is 14.4. The zero-order chi connectivity index (χ0) is 15.8. The molecule has 1 heterocycles. The van der Waals surface area contributed by atoms with Crippen LogP contribution in [0.5, 0.6) is 0 Å². The van der Waals surface area contributed by atoms with E-state index in [2.05, 4.69) is 0 Å². The maximum absolute atomic E-state index is 14.4. The van der Waals surface area contributed by atoms with Gasteiger partial charge < -0.3 is 9.31 Å². The zero-order valence-electron chi connectivity index (χ0n) is 13.1. The fraction of sp³-hybridized carbons (Fsp3) is 0.500. The van der Waals surface area contributed by atoms with Crippen LogP contribution in [0, 0.1) is 0 Å². The summed E-state index contributed by atoms with van der Waals surface area (Å²) in [6.07, 6.45) is 1.53. The van der Waals surface area contributed by atoms with Gasteiger partial charge in [-0.2, -0.15) is 0 Å². The smallest absolute Gasteiger partial charge is 0.398 e. The first-order valence-electron chi connectivity index (χ1n) is 7.11. The summed E-state index contributed by atoms with van der Waals surface area (Å²) >= 11 is 5.86. The van der Waals surface area contributed by atoms with Crippen molar-refractivity contribution in [1.82, 2.24) is 0 Å². The van der Waals surface area contributed by atoms with E-state index in [4.69, 9.17) is 20.9 Å². The van der Waals surface area contributed by atoms with Gasteiger partial charge in [-0.1, -0.05) is 30.7 Å². The van der Waals surface area contributed by atoms with Crippen LogP contribution in [0.25, 0.3) is 0 Å². The summed E-state index contributed by atoms with van der Waals surface area (Å²) in [4.78, 5) is 0. The molecule has 0 radical (unpaired) electrons. The number of hydrogen-bond acceptors (Lipinski definition) is 2. The van der Waals surface area contributed by atoms with Gasteiger partial charge >= 0.3 is 7.12 Å². The topological polar surface area (TPSA) is 18.5 Å². The number of hydrogen-bond donors (Lipinski definition) is 0. The minimum absolute atomic E-state index is 0.0821. The molecule has 0 aromatic heterocycles. The molecular weight excluding hydrogens is 289 g/mol. The SMILES string of the molecule is CC(C=C(F)B1OC(C)(C)C(C)(C)O1)c1ccc(Cl)cc1. The van der Waals surface area contributed by atoms with Gasteiger partial charge in [-0.25, -0.2) is 4.39 Å². The number of allylic oxidation sites excluding steroid dienone is 1. The van der Waals surface area contributed by atoms with Gasteiger partial charge in [-0.15, -0.1) is 0 Å². The monoisotopic (exact) mass is 310 g/mol. The van der Waals surface area contributed by atoms with Gasteiger partial charge in [0, 0.05) is 10.9 Å². The molecule has 0 spiro atoms. The first-order chi connectivity index (χ1) is 9.62. The minimum atomic E-state index is -0.940. The molecule has 1 fully saturated rings. The van der Waals surface area contributed by atoms with E-state index in [1.54, 1.807) is 12.1 Å². The Morgan fingerprint density at radius 3 is 2.10 bits per heavy atom. The second kappa shape index (κ2) is 5.75. The lowest BCUT2D eigenvalue weighted by molar-refractivity contribution is 0.00578. The predicted octanol–water partition coefficient (Wildman–Crippen LogP) is 4.93. The van der Waals surface area contributed by atoms with Crippen molar-refractivity contribution in [3.8, 4) is 0 Å². The van der Waals surface area contributed by atoms with E-state index in [0.29, 0.717) is 5.02 Å². The molecule has 2 nitrogen and oxygen atoms in total. The molecular formula is C16H21BClFO2. The molecule has 0 amide bonds. The molecule has 21 heavy (non-hydrogen) atoms. The first kappa shape index (κ1) is 16.5. The summed E-state index contributed by atoms with van der Waals surface area (Å²) in [5, 5.41) is 0.668. The summed E-state index contributed by atoms with van der Waals surface area (Å²) in [5.74, 6) is -0.0821. The average Bonchev–Trinajstić information content (AvgIpc) is 2.59. The molecule has 1 aromatic carbocycles. The van der Waals surface area contributed by atoms with Crippen molar-refractivity contribution in [3.63, 3.8) is 0 Å². The molecule has 0 bridgehead atoms.